The second-order valence-corrected chi connectivity index (χ2v) is 10.2. The van der Waals surface area contributed by atoms with Crippen LogP contribution in [0, 0.1) is 0 Å². The van der Waals surface area contributed by atoms with E-state index in [1.54, 1.807) is 12.1 Å². The number of hydrogen-bond donors (Lipinski definition) is 3. The monoisotopic (exact) mass is 477 g/mol. The van der Waals surface area contributed by atoms with Gasteiger partial charge in [0.15, 0.2) is 6.29 Å². The molecule has 2 heterocycles. The Morgan fingerprint density at radius 3 is 2.38 bits per heavy atom. The number of benzene rings is 2. The molecule has 2 aromatic rings. The molecule has 4 rings (SSSR count). The van der Waals surface area contributed by atoms with E-state index in [-0.39, 0.29) is 5.92 Å². The van der Waals surface area contributed by atoms with Gasteiger partial charge in [-0.05, 0) is 43.1 Å². The molecule has 0 amide bonds. The Labute approximate surface area is 194 Å². The Morgan fingerprint density at radius 1 is 1.09 bits per heavy atom. The second kappa shape index (κ2) is 9.86. The van der Waals surface area contributed by atoms with Crippen molar-refractivity contribution in [3.63, 3.8) is 0 Å². The van der Waals surface area contributed by atoms with Crippen molar-refractivity contribution in [3.8, 4) is 0 Å². The van der Waals surface area contributed by atoms with Gasteiger partial charge < -0.3 is 5.11 Å². The summed E-state index contributed by atoms with van der Waals surface area (Å²) >= 11 is 6.07. The van der Waals surface area contributed by atoms with Gasteiger partial charge in [-0.1, -0.05) is 54.1 Å². The van der Waals surface area contributed by atoms with Gasteiger partial charge in [0.1, 0.15) is 0 Å². The maximum absolute atomic E-state index is 13.0. The third-order valence-corrected chi connectivity index (χ3v) is 7.69. The quantitative estimate of drug-likeness (QED) is 0.529. The van der Waals surface area contributed by atoms with E-state index in [9.17, 15) is 13.5 Å². The molecule has 0 aliphatic carbocycles. The molecule has 2 aliphatic heterocycles. The molecule has 172 valence electrons. The number of piperidine rings is 1. The van der Waals surface area contributed by atoms with Crippen LogP contribution in [-0.2, 0) is 10.2 Å². The third-order valence-electron chi connectivity index (χ3n) is 5.87. The summed E-state index contributed by atoms with van der Waals surface area (Å²) in [6.07, 6.45) is -0.297. The van der Waals surface area contributed by atoms with Crippen LogP contribution in [0.25, 0.3) is 0 Å². The molecule has 3 N–H and O–H groups in total. The lowest BCUT2D eigenvalue weighted by Crippen LogP contribution is -2.57. The summed E-state index contributed by atoms with van der Waals surface area (Å²) in [6.45, 7) is 1.09. The molecular formula is C22H28ClN5O3S. The first-order valence-electron chi connectivity index (χ1n) is 10.7. The molecule has 2 aromatic carbocycles. The maximum atomic E-state index is 13.0. The fourth-order valence-corrected chi connectivity index (χ4v) is 5.57. The van der Waals surface area contributed by atoms with E-state index in [0.29, 0.717) is 37.5 Å². The zero-order chi connectivity index (χ0) is 22.7. The second-order valence-electron chi connectivity index (χ2n) is 8.02. The summed E-state index contributed by atoms with van der Waals surface area (Å²) in [4.78, 5) is 0. The van der Waals surface area contributed by atoms with Crippen LogP contribution in [0.4, 0.5) is 0 Å². The van der Waals surface area contributed by atoms with E-state index in [2.05, 4.69) is 22.2 Å². The van der Waals surface area contributed by atoms with Crippen LogP contribution in [0.3, 0.4) is 0 Å². The van der Waals surface area contributed by atoms with Gasteiger partial charge in [0.2, 0.25) is 0 Å². The van der Waals surface area contributed by atoms with E-state index >= 15 is 0 Å². The number of aliphatic hydroxyl groups is 1. The topological polar surface area (TPSA) is 97.3 Å². The zero-order valence-corrected chi connectivity index (χ0v) is 19.4. The lowest BCUT2D eigenvalue weighted by Gasteiger charge is -2.32. The molecule has 10 heteroatoms. The van der Waals surface area contributed by atoms with Crippen molar-refractivity contribution in [3.05, 3.63) is 70.7 Å². The van der Waals surface area contributed by atoms with E-state index in [1.165, 1.54) is 4.31 Å². The SMILES string of the molecule is CNC(NS(=O)(=O)N1CCC(O)CC1)N1CC(c2ccccc2)C(c2ccc(Cl)cc2)=N1. The lowest BCUT2D eigenvalue weighted by molar-refractivity contribution is 0.111. The molecule has 0 aromatic heterocycles. The molecule has 2 atom stereocenters. The van der Waals surface area contributed by atoms with Crippen molar-refractivity contribution in [2.75, 3.05) is 26.7 Å². The van der Waals surface area contributed by atoms with E-state index in [0.717, 1.165) is 16.8 Å². The Kier molecular flexibility index (Phi) is 7.14. The Morgan fingerprint density at radius 2 is 1.75 bits per heavy atom. The molecule has 32 heavy (non-hydrogen) atoms. The normalized spacial score (nSPS) is 21.5. The third kappa shape index (κ3) is 5.14. The number of aliphatic hydroxyl groups excluding tert-OH is 1. The standard InChI is InChI=1S/C22H28ClN5O3S/c1-24-22(26-32(30,31)27-13-11-19(29)12-14-27)28-15-20(16-5-3-2-4-6-16)21(25-28)17-7-9-18(23)10-8-17/h2-10,19-20,22,24,26,29H,11-15H2,1H3. The highest BCUT2D eigenvalue weighted by atomic mass is 35.5. The van der Waals surface area contributed by atoms with E-state index in [4.69, 9.17) is 16.7 Å². The van der Waals surface area contributed by atoms with Gasteiger partial charge in [0.25, 0.3) is 10.2 Å². The van der Waals surface area contributed by atoms with Gasteiger partial charge in [-0.15, -0.1) is 0 Å². The average molecular weight is 478 g/mol. The molecule has 0 bridgehead atoms. The van der Waals surface area contributed by atoms with Crippen LogP contribution < -0.4 is 10.0 Å². The van der Waals surface area contributed by atoms with Crippen LogP contribution in [0.15, 0.2) is 59.7 Å². The molecular weight excluding hydrogens is 450 g/mol. The van der Waals surface area contributed by atoms with Crippen LogP contribution in [0.2, 0.25) is 5.02 Å². The number of hydrogen-bond acceptors (Lipinski definition) is 6. The van der Waals surface area contributed by atoms with Crippen molar-refractivity contribution in [1.82, 2.24) is 19.4 Å². The highest BCUT2D eigenvalue weighted by molar-refractivity contribution is 7.87. The first-order valence-corrected chi connectivity index (χ1v) is 12.5. The van der Waals surface area contributed by atoms with Crippen LogP contribution in [0.1, 0.15) is 29.9 Å². The number of nitrogens with zero attached hydrogens (tertiary/aromatic N) is 3. The van der Waals surface area contributed by atoms with Crippen LogP contribution >= 0.6 is 11.6 Å². The fraction of sp³-hybridized carbons (Fsp3) is 0.409. The molecule has 2 unspecified atom stereocenters. The van der Waals surface area contributed by atoms with Gasteiger partial charge in [0, 0.05) is 24.0 Å². The Balaban J connectivity index is 1.59. The average Bonchev–Trinajstić information content (AvgIpc) is 3.24. The highest BCUT2D eigenvalue weighted by Gasteiger charge is 2.36. The zero-order valence-electron chi connectivity index (χ0n) is 17.9. The van der Waals surface area contributed by atoms with E-state index < -0.39 is 22.6 Å². The summed E-state index contributed by atoms with van der Waals surface area (Å²) in [5.74, 6) is -0.0251. The molecule has 8 nitrogen and oxygen atoms in total. The van der Waals surface area contributed by atoms with Gasteiger partial charge in [0.05, 0.1) is 18.4 Å². The summed E-state index contributed by atoms with van der Waals surface area (Å²) in [5.41, 5.74) is 2.90. The fourth-order valence-electron chi connectivity index (χ4n) is 4.08. The van der Waals surface area contributed by atoms with Crippen LogP contribution in [-0.4, -0.2) is 67.6 Å². The molecule has 2 aliphatic rings. The minimum absolute atomic E-state index is 0.0251. The number of nitrogens with one attached hydrogen (secondary N) is 2. The van der Waals surface area contributed by atoms with Gasteiger partial charge in [-0.2, -0.15) is 22.5 Å². The lowest BCUT2D eigenvalue weighted by atomic mass is 9.91. The van der Waals surface area contributed by atoms with Crippen molar-refractivity contribution >= 4 is 27.5 Å². The number of halogens is 1. The molecule has 0 radical (unpaired) electrons. The van der Waals surface area contributed by atoms with Crippen LogP contribution in [0.5, 0.6) is 0 Å². The van der Waals surface area contributed by atoms with Crippen molar-refractivity contribution in [1.29, 1.82) is 0 Å². The molecule has 0 saturated carbocycles. The molecule has 1 saturated heterocycles. The minimum atomic E-state index is -3.74. The van der Waals surface area contributed by atoms with Gasteiger partial charge in [-0.3, -0.25) is 10.3 Å². The van der Waals surface area contributed by atoms with Gasteiger partial charge >= 0.3 is 0 Å². The van der Waals surface area contributed by atoms with Crippen molar-refractivity contribution in [2.24, 2.45) is 5.10 Å². The first-order chi connectivity index (χ1) is 15.4. The predicted molar refractivity (Wildman–Crippen MR) is 126 cm³/mol. The highest BCUT2D eigenvalue weighted by Crippen LogP contribution is 2.30. The van der Waals surface area contributed by atoms with Gasteiger partial charge in [-0.25, -0.2) is 0 Å². The van der Waals surface area contributed by atoms with Crippen molar-refractivity contribution in [2.45, 2.75) is 31.2 Å². The summed E-state index contributed by atoms with van der Waals surface area (Å²) in [7, 11) is -2.05. The summed E-state index contributed by atoms with van der Waals surface area (Å²) < 4.78 is 30.0. The minimum Gasteiger partial charge on any atom is -0.393 e. The molecule has 1 fully saturated rings. The Bertz CT molecular complexity index is 1040. The number of rotatable bonds is 7. The van der Waals surface area contributed by atoms with Crippen molar-refractivity contribution < 1.29 is 13.5 Å². The Hall–Kier alpha value is -2.01. The number of hydrazone groups is 1. The predicted octanol–water partition coefficient (Wildman–Crippen LogP) is 1.94. The largest absolute Gasteiger partial charge is 0.393 e. The maximum Gasteiger partial charge on any atom is 0.282 e. The molecule has 0 spiro atoms. The summed E-state index contributed by atoms with van der Waals surface area (Å²) in [6, 6.07) is 17.6. The van der Waals surface area contributed by atoms with E-state index in [1.807, 2.05) is 42.5 Å². The smallest absolute Gasteiger partial charge is 0.282 e. The first kappa shape index (κ1) is 23.2. The summed E-state index contributed by atoms with van der Waals surface area (Å²) in [5, 5.41) is 19.9.